The van der Waals surface area contributed by atoms with Crippen molar-refractivity contribution in [2.75, 3.05) is 33.8 Å². The fraction of sp³-hybridized carbons (Fsp3) is 0.409. The molecule has 8 heteroatoms. The molecule has 0 spiro atoms. The van der Waals surface area contributed by atoms with Gasteiger partial charge in [-0.1, -0.05) is 29.8 Å². The van der Waals surface area contributed by atoms with Crippen LogP contribution in [-0.4, -0.2) is 44.7 Å². The second kappa shape index (κ2) is 11.7. The van der Waals surface area contributed by atoms with Crippen LogP contribution in [0.15, 0.2) is 47.5 Å². The quantitative estimate of drug-likeness (QED) is 0.310. The molecule has 5 nitrogen and oxygen atoms in total. The first-order valence-electron chi connectivity index (χ1n) is 9.80. The van der Waals surface area contributed by atoms with Crippen LogP contribution in [0.25, 0.3) is 0 Å². The Morgan fingerprint density at radius 2 is 2.03 bits per heavy atom. The van der Waals surface area contributed by atoms with Gasteiger partial charge in [-0.05, 0) is 67.7 Å². The SMILES string of the molecule is COc1ccc(CCNC(N)=NCC2CCN(C)C2c2ccc(Cl)c(F)c2)cc1.I. The second-order valence-electron chi connectivity index (χ2n) is 7.40. The molecule has 1 aliphatic rings. The van der Waals surface area contributed by atoms with Crippen molar-refractivity contribution in [3.8, 4) is 5.75 Å². The van der Waals surface area contributed by atoms with Crippen LogP contribution in [0, 0.1) is 11.7 Å². The predicted molar refractivity (Wildman–Crippen MR) is 131 cm³/mol. The minimum atomic E-state index is -0.383. The summed E-state index contributed by atoms with van der Waals surface area (Å²) < 4.78 is 19.1. The van der Waals surface area contributed by atoms with E-state index in [-0.39, 0.29) is 46.8 Å². The Balaban J connectivity index is 0.00000320. The fourth-order valence-electron chi connectivity index (χ4n) is 3.84. The normalized spacial score (nSPS) is 19.4. The first-order chi connectivity index (χ1) is 14.0. The van der Waals surface area contributed by atoms with E-state index in [4.69, 9.17) is 22.1 Å². The summed E-state index contributed by atoms with van der Waals surface area (Å²) >= 11 is 5.83. The van der Waals surface area contributed by atoms with Gasteiger partial charge in [0.2, 0.25) is 0 Å². The number of ether oxygens (including phenoxy) is 1. The van der Waals surface area contributed by atoms with E-state index in [9.17, 15) is 4.39 Å². The maximum atomic E-state index is 13.9. The summed E-state index contributed by atoms with van der Waals surface area (Å²) in [5.41, 5.74) is 8.18. The Morgan fingerprint density at radius 3 is 2.70 bits per heavy atom. The Hall–Kier alpha value is -1.58. The van der Waals surface area contributed by atoms with Crippen LogP contribution >= 0.6 is 35.6 Å². The maximum absolute atomic E-state index is 13.9. The van der Waals surface area contributed by atoms with Gasteiger partial charge < -0.3 is 15.8 Å². The van der Waals surface area contributed by atoms with E-state index in [1.807, 2.05) is 30.3 Å². The number of hydrogen-bond donors (Lipinski definition) is 2. The van der Waals surface area contributed by atoms with Crippen LogP contribution < -0.4 is 15.8 Å². The molecule has 1 saturated heterocycles. The first kappa shape index (κ1) is 24.7. The van der Waals surface area contributed by atoms with Crippen LogP contribution in [0.4, 0.5) is 4.39 Å². The number of aliphatic imine (C=N–C) groups is 1. The molecule has 2 unspecified atom stereocenters. The van der Waals surface area contributed by atoms with Crippen molar-refractivity contribution in [2.24, 2.45) is 16.6 Å². The number of nitrogens with two attached hydrogens (primary N) is 1. The average Bonchev–Trinajstić information content (AvgIpc) is 3.09. The largest absolute Gasteiger partial charge is 0.497 e. The Kier molecular flexibility index (Phi) is 9.64. The molecule has 2 aromatic rings. The van der Waals surface area contributed by atoms with Crippen LogP contribution in [0.1, 0.15) is 23.6 Å². The smallest absolute Gasteiger partial charge is 0.188 e. The lowest BCUT2D eigenvalue weighted by Crippen LogP contribution is -2.34. The molecule has 0 saturated carbocycles. The summed E-state index contributed by atoms with van der Waals surface area (Å²) in [5.74, 6) is 1.18. The van der Waals surface area contributed by atoms with Crippen molar-refractivity contribution < 1.29 is 9.13 Å². The summed E-state index contributed by atoms with van der Waals surface area (Å²) in [6, 6.07) is 13.1. The summed E-state index contributed by atoms with van der Waals surface area (Å²) in [7, 11) is 3.71. The zero-order chi connectivity index (χ0) is 20.8. The molecule has 2 atom stereocenters. The molecule has 1 aliphatic heterocycles. The number of methoxy groups -OCH3 is 1. The molecule has 1 heterocycles. The number of rotatable bonds is 7. The highest BCUT2D eigenvalue weighted by molar-refractivity contribution is 14.0. The van der Waals surface area contributed by atoms with Crippen molar-refractivity contribution in [1.29, 1.82) is 0 Å². The molecule has 3 rings (SSSR count). The zero-order valence-corrected chi connectivity index (χ0v) is 20.4. The van der Waals surface area contributed by atoms with Gasteiger partial charge >= 0.3 is 0 Å². The average molecular weight is 547 g/mol. The van der Waals surface area contributed by atoms with Gasteiger partial charge in [0.1, 0.15) is 11.6 Å². The van der Waals surface area contributed by atoms with E-state index in [0.29, 0.717) is 19.0 Å². The Bertz CT molecular complexity index is 850. The molecule has 0 amide bonds. The van der Waals surface area contributed by atoms with Gasteiger partial charge in [0, 0.05) is 19.1 Å². The minimum absolute atomic E-state index is 0. The van der Waals surface area contributed by atoms with Crippen molar-refractivity contribution in [1.82, 2.24) is 10.2 Å². The van der Waals surface area contributed by atoms with E-state index in [1.165, 1.54) is 11.6 Å². The summed E-state index contributed by atoms with van der Waals surface area (Å²) in [6.45, 7) is 2.25. The zero-order valence-electron chi connectivity index (χ0n) is 17.3. The van der Waals surface area contributed by atoms with Gasteiger partial charge in [0.15, 0.2) is 5.96 Å². The van der Waals surface area contributed by atoms with Gasteiger partial charge in [-0.3, -0.25) is 9.89 Å². The van der Waals surface area contributed by atoms with Crippen LogP contribution in [0.2, 0.25) is 5.02 Å². The van der Waals surface area contributed by atoms with E-state index >= 15 is 0 Å². The van der Waals surface area contributed by atoms with Crippen molar-refractivity contribution in [3.63, 3.8) is 0 Å². The maximum Gasteiger partial charge on any atom is 0.188 e. The molecular weight excluding hydrogens is 518 g/mol. The van der Waals surface area contributed by atoms with Crippen LogP contribution in [0.3, 0.4) is 0 Å². The monoisotopic (exact) mass is 546 g/mol. The summed E-state index contributed by atoms with van der Waals surface area (Å²) in [4.78, 5) is 6.76. The van der Waals surface area contributed by atoms with Crippen LogP contribution in [-0.2, 0) is 6.42 Å². The van der Waals surface area contributed by atoms with Gasteiger partial charge in [0.05, 0.1) is 12.1 Å². The highest BCUT2D eigenvalue weighted by atomic mass is 127. The molecule has 164 valence electrons. The highest BCUT2D eigenvalue weighted by Gasteiger charge is 2.33. The third-order valence-electron chi connectivity index (χ3n) is 5.43. The van der Waals surface area contributed by atoms with E-state index in [1.54, 1.807) is 13.2 Å². The first-order valence-corrected chi connectivity index (χ1v) is 10.2. The number of nitrogens with zero attached hydrogens (tertiary/aromatic N) is 2. The van der Waals surface area contributed by atoms with Gasteiger partial charge in [-0.25, -0.2) is 4.39 Å². The number of halogens is 3. The number of hydrogen-bond acceptors (Lipinski definition) is 3. The summed E-state index contributed by atoms with van der Waals surface area (Å²) in [5, 5.41) is 3.32. The van der Waals surface area contributed by atoms with Crippen LogP contribution in [0.5, 0.6) is 5.75 Å². The molecule has 0 bridgehead atoms. The van der Waals surface area contributed by atoms with Crippen molar-refractivity contribution in [2.45, 2.75) is 18.9 Å². The molecule has 0 aromatic heterocycles. The number of guanidine groups is 1. The Labute approximate surface area is 199 Å². The number of benzene rings is 2. The minimum Gasteiger partial charge on any atom is -0.497 e. The molecule has 2 aromatic carbocycles. The highest BCUT2D eigenvalue weighted by Crippen LogP contribution is 2.37. The lowest BCUT2D eigenvalue weighted by atomic mass is 9.94. The molecule has 0 radical (unpaired) electrons. The molecule has 1 fully saturated rings. The predicted octanol–water partition coefficient (Wildman–Crippen LogP) is 4.25. The van der Waals surface area contributed by atoms with Crippen molar-refractivity contribution in [3.05, 3.63) is 64.4 Å². The molecular formula is C22H29ClFIN4O. The molecule has 30 heavy (non-hydrogen) atoms. The lowest BCUT2D eigenvalue weighted by Gasteiger charge is -2.25. The number of likely N-dealkylation sites (tertiary alicyclic amines) is 1. The van der Waals surface area contributed by atoms with Gasteiger partial charge in [-0.15, -0.1) is 24.0 Å². The summed E-state index contributed by atoms with van der Waals surface area (Å²) in [6.07, 6.45) is 1.84. The standard InChI is InChI=1S/C22H28ClFN4O.HI/c1-28-12-10-17(21(28)16-5-8-19(23)20(24)13-16)14-27-22(25)26-11-9-15-3-6-18(29-2)7-4-15;/h3-8,13,17,21H,9-12,14H2,1-2H3,(H3,25,26,27);1H. The van der Waals surface area contributed by atoms with Crippen molar-refractivity contribution >= 4 is 41.5 Å². The van der Waals surface area contributed by atoms with Gasteiger partial charge in [-0.2, -0.15) is 0 Å². The van der Waals surface area contributed by atoms with E-state index in [2.05, 4.69) is 22.3 Å². The third-order valence-corrected chi connectivity index (χ3v) is 5.74. The molecule has 3 N–H and O–H groups in total. The molecule has 0 aliphatic carbocycles. The second-order valence-corrected chi connectivity index (χ2v) is 7.81. The van der Waals surface area contributed by atoms with Gasteiger partial charge in [0.25, 0.3) is 0 Å². The number of nitrogens with one attached hydrogen (secondary N) is 1. The topological polar surface area (TPSA) is 62.9 Å². The fourth-order valence-corrected chi connectivity index (χ4v) is 3.96. The van der Waals surface area contributed by atoms with E-state index in [0.717, 1.165) is 30.7 Å². The third kappa shape index (κ3) is 6.46. The Morgan fingerprint density at radius 1 is 1.30 bits per heavy atom. The van der Waals surface area contributed by atoms with E-state index < -0.39 is 0 Å². The lowest BCUT2D eigenvalue weighted by molar-refractivity contribution is 0.279.